The van der Waals surface area contributed by atoms with Gasteiger partial charge in [-0.3, -0.25) is 0 Å². The summed E-state index contributed by atoms with van der Waals surface area (Å²) in [5.74, 6) is 1.49. The maximum atomic E-state index is 6.14. The van der Waals surface area contributed by atoms with Crippen molar-refractivity contribution in [2.45, 2.75) is 13.0 Å². The highest BCUT2D eigenvalue weighted by Gasteiger charge is 2.08. The van der Waals surface area contributed by atoms with E-state index >= 15 is 0 Å². The van der Waals surface area contributed by atoms with Crippen molar-refractivity contribution in [1.29, 1.82) is 0 Å². The average Bonchev–Trinajstić information content (AvgIpc) is 2.49. The van der Waals surface area contributed by atoms with E-state index in [-0.39, 0.29) is 0 Å². The molecule has 0 aliphatic carbocycles. The summed E-state index contributed by atoms with van der Waals surface area (Å²) in [6, 6.07) is 11.0. The molecule has 112 valence electrons. The van der Waals surface area contributed by atoms with Gasteiger partial charge in [-0.15, -0.1) is 0 Å². The molecule has 0 saturated heterocycles. The first-order chi connectivity index (χ1) is 10.1. The van der Waals surface area contributed by atoms with E-state index in [2.05, 4.69) is 0 Å². The summed E-state index contributed by atoms with van der Waals surface area (Å²) in [5.41, 5.74) is 7.50. The van der Waals surface area contributed by atoms with Gasteiger partial charge in [0, 0.05) is 21.7 Å². The molecule has 2 aromatic carbocycles. The van der Waals surface area contributed by atoms with Crippen LogP contribution >= 0.6 is 23.2 Å². The second-order valence-electron chi connectivity index (χ2n) is 4.54. The lowest BCUT2D eigenvalue weighted by Crippen LogP contribution is -2.06. The summed E-state index contributed by atoms with van der Waals surface area (Å²) in [4.78, 5) is 0. The van der Waals surface area contributed by atoms with Crippen molar-refractivity contribution in [3.8, 4) is 11.5 Å². The van der Waals surface area contributed by atoms with E-state index in [9.17, 15) is 0 Å². The largest absolute Gasteiger partial charge is 0.497 e. The predicted molar refractivity (Wildman–Crippen MR) is 86.5 cm³/mol. The first-order valence-electron chi connectivity index (χ1n) is 6.57. The summed E-state index contributed by atoms with van der Waals surface area (Å²) in [7, 11) is 1.62. The zero-order valence-electron chi connectivity index (χ0n) is 11.7. The van der Waals surface area contributed by atoms with E-state index in [0.29, 0.717) is 23.2 Å². The van der Waals surface area contributed by atoms with E-state index < -0.39 is 0 Å². The van der Waals surface area contributed by atoms with Gasteiger partial charge in [0.05, 0.1) is 7.11 Å². The van der Waals surface area contributed by atoms with E-state index in [1.165, 1.54) is 0 Å². The zero-order chi connectivity index (χ0) is 15.2. The maximum Gasteiger partial charge on any atom is 0.126 e. The summed E-state index contributed by atoms with van der Waals surface area (Å²) < 4.78 is 11.1. The van der Waals surface area contributed by atoms with Gasteiger partial charge >= 0.3 is 0 Å². The molecular formula is C16H17Cl2NO2. The Morgan fingerprint density at radius 1 is 1.05 bits per heavy atom. The molecule has 21 heavy (non-hydrogen) atoms. The molecule has 0 fully saturated rings. The standard InChI is InChI=1S/C16H17Cl2NO2/c1-20-14-4-2-11(6-7-19)16(9-14)21-10-12-8-13(17)3-5-15(12)18/h2-5,8-9H,6-7,10,19H2,1H3. The van der Waals surface area contributed by atoms with Crippen molar-refractivity contribution in [1.82, 2.24) is 0 Å². The van der Waals surface area contributed by atoms with Crippen LogP contribution in [-0.4, -0.2) is 13.7 Å². The minimum atomic E-state index is 0.337. The number of halogens is 2. The number of ether oxygens (including phenoxy) is 2. The van der Waals surface area contributed by atoms with Gasteiger partial charge in [0.1, 0.15) is 18.1 Å². The van der Waals surface area contributed by atoms with Gasteiger partial charge in [-0.25, -0.2) is 0 Å². The van der Waals surface area contributed by atoms with E-state index in [1.807, 2.05) is 18.2 Å². The molecule has 0 heterocycles. The smallest absolute Gasteiger partial charge is 0.126 e. The van der Waals surface area contributed by atoms with Crippen molar-refractivity contribution < 1.29 is 9.47 Å². The number of hydrogen-bond acceptors (Lipinski definition) is 3. The number of methoxy groups -OCH3 is 1. The maximum absolute atomic E-state index is 6.14. The van der Waals surface area contributed by atoms with Gasteiger partial charge in [0.15, 0.2) is 0 Å². The van der Waals surface area contributed by atoms with Crippen LogP contribution in [0.15, 0.2) is 36.4 Å². The lowest BCUT2D eigenvalue weighted by molar-refractivity contribution is 0.300. The molecule has 0 amide bonds. The van der Waals surface area contributed by atoms with Crippen LogP contribution in [0.1, 0.15) is 11.1 Å². The minimum Gasteiger partial charge on any atom is -0.497 e. The predicted octanol–water partition coefficient (Wildman–Crippen LogP) is 4.08. The van der Waals surface area contributed by atoms with Crippen molar-refractivity contribution in [3.63, 3.8) is 0 Å². The number of nitrogens with two attached hydrogens (primary N) is 1. The lowest BCUT2D eigenvalue weighted by Gasteiger charge is -2.13. The summed E-state index contributed by atoms with van der Waals surface area (Å²) in [5, 5.41) is 1.26. The average molecular weight is 326 g/mol. The Labute approximate surface area is 134 Å². The Kier molecular flexibility index (Phi) is 5.74. The molecule has 0 atom stereocenters. The second kappa shape index (κ2) is 7.55. The Bertz CT molecular complexity index is 617. The molecule has 0 aliphatic rings. The molecule has 0 aromatic heterocycles. The molecule has 2 aromatic rings. The molecule has 0 aliphatic heterocycles. The third-order valence-electron chi connectivity index (χ3n) is 3.08. The molecule has 0 spiro atoms. The first-order valence-corrected chi connectivity index (χ1v) is 7.33. The fourth-order valence-electron chi connectivity index (χ4n) is 1.97. The number of rotatable bonds is 6. The summed E-state index contributed by atoms with van der Waals surface area (Å²) >= 11 is 12.1. The van der Waals surface area contributed by atoms with Crippen molar-refractivity contribution in [3.05, 3.63) is 57.6 Å². The number of hydrogen-bond donors (Lipinski definition) is 1. The molecule has 0 saturated carbocycles. The first kappa shape index (κ1) is 16.0. The Morgan fingerprint density at radius 3 is 2.57 bits per heavy atom. The quantitative estimate of drug-likeness (QED) is 0.870. The van der Waals surface area contributed by atoms with Crippen LogP contribution in [0.3, 0.4) is 0 Å². The van der Waals surface area contributed by atoms with Crippen LogP contribution < -0.4 is 15.2 Å². The summed E-state index contributed by atoms with van der Waals surface area (Å²) in [6.07, 6.45) is 0.739. The normalized spacial score (nSPS) is 10.5. The van der Waals surface area contributed by atoms with Crippen LogP contribution in [-0.2, 0) is 13.0 Å². The Balaban J connectivity index is 2.19. The van der Waals surface area contributed by atoms with Crippen molar-refractivity contribution in [2.24, 2.45) is 5.73 Å². The van der Waals surface area contributed by atoms with Gasteiger partial charge in [0.25, 0.3) is 0 Å². The molecule has 3 nitrogen and oxygen atoms in total. The van der Waals surface area contributed by atoms with Gasteiger partial charge in [0.2, 0.25) is 0 Å². The molecule has 0 unspecified atom stereocenters. The Hall–Kier alpha value is -1.42. The highest BCUT2D eigenvalue weighted by molar-refractivity contribution is 6.33. The number of benzene rings is 2. The van der Waals surface area contributed by atoms with Gasteiger partial charge < -0.3 is 15.2 Å². The SMILES string of the molecule is COc1ccc(CCN)c(OCc2cc(Cl)ccc2Cl)c1. The minimum absolute atomic E-state index is 0.337. The van der Waals surface area contributed by atoms with Crippen molar-refractivity contribution >= 4 is 23.2 Å². The van der Waals surface area contributed by atoms with Gasteiger partial charge in [-0.05, 0) is 42.8 Å². The van der Waals surface area contributed by atoms with E-state index in [0.717, 1.165) is 29.0 Å². The van der Waals surface area contributed by atoms with Gasteiger partial charge in [-0.2, -0.15) is 0 Å². The van der Waals surface area contributed by atoms with Crippen LogP contribution in [0, 0.1) is 0 Å². The molecule has 5 heteroatoms. The van der Waals surface area contributed by atoms with E-state index in [4.69, 9.17) is 38.4 Å². The van der Waals surface area contributed by atoms with Crippen LogP contribution in [0.4, 0.5) is 0 Å². The molecule has 0 bridgehead atoms. The molecular weight excluding hydrogens is 309 g/mol. The Morgan fingerprint density at radius 2 is 1.86 bits per heavy atom. The van der Waals surface area contributed by atoms with Crippen molar-refractivity contribution in [2.75, 3.05) is 13.7 Å². The topological polar surface area (TPSA) is 44.5 Å². The molecule has 2 N–H and O–H groups in total. The van der Waals surface area contributed by atoms with Crippen LogP contribution in [0.2, 0.25) is 10.0 Å². The van der Waals surface area contributed by atoms with E-state index in [1.54, 1.807) is 25.3 Å². The second-order valence-corrected chi connectivity index (χ2v) is 5.38. The lowest BCUT2D eigenvalue weighted by atomic mass is 10.1. The van der Waals surface area contributed by atoms with Crippen LogP contribution in [0.5, 0.6) is 11.5 Å². The fraction of sp³-hybridized carbons (Fsp3) is 0.250. The molecule has 2 rings (SSSR count). The van der Waals surface area contributed by atoms with Crippen LogP contribution in [0.25, 0.3) is 0 Å². The molecule has 0 radical (unpaired) electrons. The third-order valence-corrected chi connectivity index (χ3v) is 3.68. The zero-order valence-corrected chi connectivity index (χ0v) is 13.2. The summed E-state index contributed by atoms with van der Waals surface area (Å²) in [6.45, 7) is 0.894. The third kappa shape index (κ3) is 4.27. The monoisotopic (exact) mass is 325 g/mol. The fourth-order valence-corrected chi connectivity index (χ4v) is 2.33. The van der Waals surface area contributed by atoms with Gasteiger partial charge in [-0.1, -0.05) is 29.3 Å². The highest BCUT2D eigenvalue weighted by atomic mass is 35.5. The highest BCUT2D eigenvalue weighted by Crippen LogP contribution is 2.28.